The minimum atomic E-state index is -1.10. The molecule has 0 aliphatic heterocycles. The lowest BCUT2D eigenvalue weighted by molar-refractivity contribution is -0.137. The Kier molecular flexibility index (Phi) is 5.41. The van der Waals surface area contributed by atoms with E-state index in [0.29, 0.717) is 17.0 Å². The number of carbonyl (C=O) groups excluding carboxylic acids is 3. The predicted molar refractivity (Wildman–Crippen MR) is 100 cm³/mol. The second-order valence-corrected chi connectivity index (χ2v) is 6.66. The molecule has 2 amide bonds. The van der Waals surface area contributed by atoms with E-state index < -0.39 is 23.6 Å². The third-order valence-corrected chi connectivity index (χ3v) is 4.70. The molecule has 27 heavy (non-hydrogen) atoms. The maximum atomic E-state index is 12.8. The van der Waals surface area contributed by atoms with Crippen LogP contribution in [0.1, 0.15) is 21.7 Å². The largest absolute Gasteiger partial charge is 0.363 e. The Bertz CT molecular complexity index is 966. The van der Waals surface area contributed by atoms with Crippen molar-refractivity contribution in [3.8, 4) is 11.3 Å². The van der Waals surface area contributed by atoms with Crippen LogP contribution >= 0.6 is 11.3 Å². The summed E-state index contributed by atoms with van der Waals surface area (Å²) in [7, 11) is 0. The number of aromatic nitrogens is 3. The molecule has 0 saturated heterocycles. The number of nitrogens with one attached hydrogen (secondary N) is 2. The van der Waals surface area contributed by atoms with Crippen molar-refractivity contribution in [1.82, 2.24) is 20.5 Å². The number of primary amides is 1. The summed E-state index contributed by atoms with van der Waals surface area (Å²) in [6.45, 7) is 1.77. The number of H-pyrrole nitrogens is 1. The van der Waals surface area contributed by atoms with Gasteiger partial charge < -0.3 is 11.1 Å². The fourth-order valence-corrected chi connectivity index (χ4v) is 3.35. The van der Waals surface area contributed by atoms with E-state index in [0.717, 1.165) is 5.56 Å². The second kappa shape index (κ2) is 7.92. The summed E-state index contributed by atoms with van der Waals surface area (Å²) >= 11 is 1.45. The van der Waals surface area contributed by atoms with Crippen molar-refractivity contribution in [2.24, 2.45) is 5.73 Å². The van der Waals surface area contributed by atoms with Gasteiger partial charge >= 0.3 is 0 Å². The summed E-state index contributed by atoms with van der Waals surface area (Å²) in [4.78, 5) is 40.6. The van der Waals surface area contributed by atoms with Crippen molar-refractivity contribution >= 4 is 28.9 Å². The maximum absolute atomic E-state index is 12.8. The molecule has 0 fully saturated rings. The SMILES string of the molecule is Cc1[nH]nc(C(=O)NC(Cc2ccsc2)C(=O)C(N)=O)c1-c1ccccn1. The van der Waals surface area contributed by atoms with E-state index in [9.17, 15) is 14.4 Å². The van der Waals surface area contributed by atoms with Gasteiger partial charge in [0.05, 0.1) is 11.3 Å². The number of carbonyl (C=O) groups is 3. The molecule has 1 atom stereocenters. The van der Waals surface area contributed by atoms with E-state index in [4.69, 9.17) is 5.73 Å². The average molecular weight is 383 g/mol. The molecular formula is C18H17N5O3S. The summed E-state index contributed by atoms with van der Waals surface area (Å²) in [5.41, 5.74) is 7.83. The lowest BCUT2D eigenvalue weighted by atomic mass is 10.0. The first-order chi connectivity index (χ1) is 13.0. The van der Waals surface area contributed by atoms with Gasteiger partial charge in [-0.3, -0.25) is 24.5 Å². The molecule has 3 heterocycles. The third kappa shape index (κ3) is 4.09. The van der Waals surface area contributed by atoms with E-state index in [1.807, 2.05) is 16.8 Å². The lowest BCUT2D eigenvalue weighted by Gasteiger charge is -2.15. The number of ketones is 1. The van der Waals surface area contributed by atoms with Gasteiger partial charge in [0.1, 0.15) is 6.04 Å². The van der Waals surface area contributed by atoms with Crippen molar-refractivity contribution in [2.75, 3.05) is 0 Å². The Balaban J connectivity index is 1.88. The molecule has 4 N–H and O–H groups in total. The molecule has 0 bridgehead atoms. The number of thiophene rings is 1. The van der Waals surface area contributed by atoms with E-state index in [1.54, 1.807) is 31.3 Å². The zero-order chi connectivity index (χ0) is 19.4. The van der Waals surface area contributed by atoms with Crippen molar-refractivity contribution in [2.45, 2.75) is 19.4 Å². The van der Waals surface area contributed by atoms with E-state index >= 15 is 0 Å². The molecule has 3 rings (SSSR count). The van der Waals surface area contributed by atoms with Gasteiger partial charge in [0, 0.05) is 18.3 Å². The van der Waals surface area contributed by atoms with Gasteiger partial charge in [-0.2, -0.15) is 16.4 Å². The molecule has 138 valence electrons. The molecule has 0 aliphatic rings. The highest BCUT2D eigenvalue weighted by Gasteiger charge is 2.28. The Hall–Kier alpha value is -3.33. The number of hydrogen-bond acceptors (Lipinski definition) is 6. The Morgan fingerprint density at radius 1 is 1.30 bits per heavy atom. The number of pyridine rings is 1. The van der Waals surface area contributed by atoms with Crippen LogP contribution in [0.15, 0.2) is 41.2 Å². The van der Waals surface area contributed by atoms with Gasteiger partial charge in [-0.1, -0.05) is 6.07 Å². The molecule has 0 saturated carbocycles. The molecule has 0 radical (unpaired) electrons. The van der Waals surface area contributed by atoms with Crippen LogP contribution in [0.3, 0.4) is 0 Å². The number of Topliss-reactive ketones (excluding diaryl/α,β-unsaturated/α-hetero) is 1. The number of nitrogens with zero attached hydrogens (tertiary/aromatic N) is 2. The highest BCUT2D eigenvalue weighted by atomic mass is 32.1. The van der Waals surface area contributed by atoms with Gasteiger partial charge in [0.15, 0.2) is 5.69 Å². The lowest BCUT2D eigenvalue weighted by Crippen LogP contribution is -2.47. The summed E-state index contributed by atoms with van der Waals surface area (Å²) in [6.07, 6.45) is 1.78. The molecule has 3 aromatic heterocycles. The van der Waals surface area contributed by atoms with Gasteiger partial charge in [0.2, 0.25) is 5.78 Å². The molecule has 0 spiro atoms. The molecule has 1 unspecified atom stereocenters. The number of rotatable bonds is 7. The second-order valence-electron chi connectivity index (χ2n) is 5.88. The van der Waals surface area contributed by atoms with E-state index in [2.05, 4.69) is 20.5 Å². The summed E-state index contributed by atoms with van der Waals surface area (Å²) in [5.74, 6) is -2.55. The summed E-state index contributed by atoms with van der Waals surface area (Å²) < 4.78 is 0. The average Bonchev–Trinajstić information content (AvgIpc) is 3.30. The fourth-order valence-electron chi connectivity index (χ4n) is 2.67. The summed E-state index contributed by atoms with van der Waals surface area (Å²) in [5, 5.41) is 13.1. The number of hydrogen-bond donors (Lipinski definition) is 3. The quantitative estimate of drug-likeness (QED) is 0.528. The zero-order valence-electron chi connectivity index (χ0n) is 14.4. The van der Waals surface area contributed by atoms with Crippen LogP contribution in [0.5, 0.6) is 0 Å². The molecule has 8 nitrogen and oxygen atoms in total. The van der Waals surface area contributed by atoms with Gasteiger partial charge in [-0.05, 0) is 41.4 Å². The highest BCUT2D eigenvalue weighted by molar-refractivity contribution is 7.07. The van der Waals surface area contributed by atoms with Crippen molar-refractivity contribution < 1.29 is 14.4 Å². The van der Waals surface area contributed by atoms with E-state index in [1.165, 1.54) is 11.3 Å². The first-order valence-electron chi connectivity index (χ1n) is 8.09. The van der Waals surface area contributed by atoms with Crippen LogP contribution in [0.2, 0.25) is 0 Å². The Morgan fingerprint density at radius 3 is 2.74 bits per heavy atom. The minimum Gasteiger partial charge on any atom is -0.363 e. The van der Waals surface area contributed by atoms with Crippen molar-refractivity contribution in [3.63, 3.8) is 0 Å². The van der Waals surface area contributed by atoms with Gasteiger partial charge in [-0.25, -0.2) is 0 Å². The normalized spacial score (nSPS) is 11.7. The van der Waals surface area contributed by atoms with Crippen molar-refractivity contribution in [3.05, 3.63) is 58.2 Å². The number of aromatic amines is 1. The molecule has 0 aromatic carbocycles. The van der Waals surface area contributed by atoms with Crippen molar-refractivity contribution in [1.29, 1.82) is 0 Å². The minimum absolute atomic E-state index is 0.0961. The smallest absolute Gasteiger partial charge is 0.287 e. The predicted octanol–water partition coefficient (Wildman–Crippen LogP) is 1.24. The molecule has 3 aromatic rings. The monoisotopic (exact) mass is 383 g/mol. The third-order valence-electron chi connectivity index (χ3n) is 3.97. The Morgan fingerprint density at radius 2 is 2.11 bits per heavy atom. The van der Waals surface area contributed by atoms with Crippen LogP contribution in [0, 0.1) is 6.92 Å². The van der Waals surface area contributed by atoms with Gasteiger partial charge in [-0.15, -0.1) is 0 Å². The first-order valence-corrected chi connectivity index (χ1v) is 9.03. The van der Waals surface area contributed by atoms with Gasteiger partial charge in [0.25, 0.3) is 11.8 Å². The number of amides is 2. The molecule has 9 heteroatoms. The fraction of sp³-hybridized carbons (Fsp3) is 0.167. The van der Waals surface area contributed by atoms with Crippen LogP contribution in [-0.2, 0) is 16.0 Å². The van der Waals surface area contributed by atoms with Crippen LogP contribution in [-0.4, -0.2) is 38.8 Å². The highest BCUT2D eigenvalue weighted by Crippen LogP contribution is 2.23. The zero-order valence-corrected chi connectivity index (χ0v) is 15.2. The summed E-state index contributed by atoms with van der Waals surface area (Å²) in [6, 6.07) is 6.06. The number of nitrogens with two attached hydrogens (primary N) is 1. The van der Waals surface area contributed by atoms with Crippen LogP contribution < -0.4 is 11.1 Å². The van der Waals surface area contributed by atoms with Crippen LogP contribution in [0.4, 0.5) is 0 Å². The van der Waals surface area contributed by atoms with E-state index in [-0.39, 0.29) is 12.1 Å². The molecular weight excluding hydrogens is 366 g/mol. The Labute approximate surface area is 158 Å². The standard InChI is InChI=1S/C18H17N5O3S/c1-10-14(12-4-2-3-6-20-12)15(23-22-10)18(26)21-13(16(24)17(19)25)8-11-5-7-27-9-11/h2-7,9,13H,8H2,1H3,(H2,19,25)(H,21,26)(H,22,23). The maximum Gasteiger partial charge on any atom is 0.287 e. The van der Waals surface area contributed by atoms with Crippen LogP contribution in [0.25, 0.3) is 11.3 Å². The first kappa shape index (κ1) is 18.5. The number of aryl methyl sites for hydroxylation is 1. The molecule has 0 aliphatic carbocycles. The topological polar surface area (TPSA) is 131 Å².